The fourth-order valence-corrected chi connectivity index (χ4v) is 3.52. The molecule has 0 amide bonds. The number of allylic oxidation sites excluding steroid dienone is 2. The van der Waals surface area contributed by atoms with E-state index in [1.54, 1.807) is 5.70 Å². The molecule has 0 fully saturated rings. The monoisotopic (exact) mass is 189 g/mol. The fourth-order valence-electron chi connectivity index (χ4n) is 3.52. The van der Waals surface area contributed by atoms with E-state index in [0.717, 1.165) is 12.0 Å². The van der Waals surface area contributed by atoms with Crippen molar-refractivity contribution < 1.29 is 0 Å². The quantitative estimate of drug-likeness (QED) is 0.529. The zero-order chi connectivity index (χ0) is 9.54. The zero-order valence-corrected chi connectivity index (χ0v) is 9.00. The van der Waals surface area contributed by atoms with Crippen LogP contribution in [0.4, 0.5) is 0 Å². The van der Waals surface area contributed by atoms with Gasteiger partial charge in [0.05, 0.1) is 0 Å². The van der Waals surface area contributed by atoms with Crippen molar-refractivity contribution in [2.45, 2.75) is 44.6 Å². The van der Waals surface area contributed by atoms with E-state index in [2.05, 4.69) is 24.1 Å². The first-order chi connectivity index (χ1) is 6.88. The molecule has 1 aliphatic heterocycles. The molecular weight excluding hydrogens is 170 g/mol. The summed E-state index contributed by atoms with van der Waals surface area (Å²) in [5.74, 6) is 0.875. The Kier molecular flexibility index (Phi) is 1.93. The molecule has 0 radical (unpaired) electrons. The van der Waals surface area contributed by atoms with E-state index in [1.165, 1.54) is 38.5 Å². The maximum absolute atomic E-state index is 2.59. The molecule has 0 spiro atoms. The van der Waals surface area contributed by atoms with E-state index >= 15 is 0 Å². The molecule has 0 aromatic carbocycles. The van der Waals surface area contributed by atoms with Crippen LogP contribution in [0.25, 0.3) is 0 Å². The van der Waals surface area contributed by atoms with Gasteiger partial charge in [-0.15, -0.1) is 0 Å². The van der Waals surface area contributed by atoms with Gasteiger partial charge in [0.15, 0.2) is 0 Å². The molecule has 2 aliphatic carbocycles. The maximum atomic E-state index is 2.59. The number of rotatable bonds is 0. The lowest BCUT2D eigenvalue weighted by molar-refractivity contribution is 0.270. The van der Waals surface area contributed by atoms with Crippen LogP contribution in [0.2, 0.25) is 0 Å². The Morgan fingerprint density at radius 3 is 2.86 bits per heavy atom. The topological polar surface area (TPSA) is 3.24 Å². The van der Waals surface area contributed by atoms with E-state index in [0.29, 0.717) is 0 Å². The highest BCUT2D eigenvalue weighted by Crippen LogP contribution is 2.45. The minimum Gasteiger partial charge on any atom is -0.374 e. The first kappa shape index (κ1) is 8.58. The normalized spacial score (nSPS) is 35.9. The van der Waals surface area contributed by atoms with Crippen LogP contribution in [0.5, 0.6) is 0 Å². The third-order valence-electron chi connectivity index (χ3n) is 4.25. The highest BCUT2D eigenvalue weighted by molar-refractivity contribution is 5.29. The van der Waals surface area contributed by atoms with Gasteiger partial charge in [0.1, 0.15) is 0 Å². The molecule has 3 rings (SSSR count). The molecule has 0 N–H and O–H groups in total. The second-order valence-electron chi connectivity index (χ2n) is 4.91. The van der Waals surface area contributed by atoms with Crippen LogP contribution in [0.15, 0.2) is 23.4 Å². The van der Waals surface area contributed by atoms with E-state index in [9.17, 15) is 0 Å². The highest BCUT2D eigenvalue weighted by atomic mass is 15.2. The lowest BCUT2D eigenvalue weighted by atomic mass is 9.82. The van der Waals surface area contributed by atoms with Crippen molar-refractivity contribution in [3.8, 4) is 0 Å². The Hall–Kier alpha value is -0.720. The standard InChI is InChI=1S/C13H19N/c1-14-12-8-4-2-6-10(12)11-7-3-5-9-13(11)14/h2,4,10,12H,3,5-9H2,1H3. The fraction of sp³-hybridized carbons (Fsp3) is 0.692. The van der Waals surface area contributed by atoms with E-state index in [4.69, 9.17) is 0 Å². The SMILES string of the molecule is CN1C2=C(CCCC2)C2CC=CCC21. The molecule has 2 unspecified atom stereocenters. The number of nitrogens with zero attached hydrogens (tertiary/aromatic N) is 1. The molecule has 0 aromatic rings. The molecule has 1 heterocycles. The molecule has 0 saturated heterocycles. The van der Waals surface area contributed by atoms with Crippen molar-refractivity contribution in [1.82, 2.24) is 4.90 Å². The summed E-state index contributed by atoms with van der Waals surface area (Å²) in [6.07, 6.45) is 12.9. The Balaban J connectivity index is 1.95. The Morgan fingerprint density at radius 1 is 1.14 bits per heavy atom. The molecule has 2 atom stereocenters. The largest absolute Gasteiger partial charge is 0.374 e. The summed E-state index contributed by atoms with van der Waals surface area (Å²) in [5.41, 5.74) is 3.52. The van der Waals surface area contributed by atoms with Gasteiger partial charge in [-0.25, -0.2) is 0 Å². The van der Waals surface area contributed by atoms with Gasteiger partial charge in [0.2, 0.25) is 0 Å². The van der Waals surface area contributed by atoms with Gasteiger partial charge in [0.25, 0.3) is 0 Å². The lowest BCUT2D eigenvalue weighted by Crippen LogP contribution is -2.31. The van der Waals surface area contributed by atoms with Crippen LogP contribution in [0, 0.1) is 5.92 Å². The van der Waals surface area contributed by atoms with Crippen molar-refractivity contribution in [2.24, 2.45) is 5.92 Å². The summed E-state index contributed by atoms with van der Waals surface area (Å²) < 4.78 is 0. The molecular formula is C13H19N. The van der Waals surface area contributed by atoms with Gasteiger partial charge in [-0.2, -0.15) is 0 Å². The van der Waals surface area contributed by atoms with Crippen molar-refractivity contribution in [2.75, 3.05) is 7.05 Å². The van der Waals surface area contributed by atoms with Crippen molar-refractivity contribution in [1.29, 1.82) is 0 Å². The third kappa shape index (κ3) is 1.08. The third-order valence-corrected chi connectivity index (χ3v) is 4.25. The molecule has 0 aromatic heterocycles. The van der Waals surface area contributed by atoms with Crippen LogP contribution in [0.3, 0.4) is 0 Å². The summed E-state index contributed by atoms with van der Waals surface area (Å²) in [6.45, 7) is 0. The van der Waals surface area contributed by atoms with Crippen LogP contribution in [0.1, 0.15) is 38.5 Å². The minimum atomic E-state index is 0.808. The summed E-state index contributed by atoms with van der Waals surface area (Å²) >= 11 is 0. The van der Waals surface area contributed by atoms with Gasteiger partial charge in [-0.3, -0.25) is 0 Å². The minimum absolute atomic E-state index is 0.808. The van der Waals surface area contributed by atoms with Gasteiger partial charge < -0.3 is 4.90 Å². The number of hydrogen-bond acceptors (Lipinski definition) is 1. The average molecular weight is 189 g/mol. The van der Waals surface area contributed by atoms with Crippen molar-refractivity contribution in [3.05, 3.63) is 23.4 Å². The number of hydrogen-bond donors (Lipinski definition) is 0. The summed E-state index contributed by atoms with van der Waals surface area (Å²) in [4.78, 5) is 2.59. The molecule has 1 nitrogen and oxygen atoms in total. The predicted octanol–water partition coefficient (Wildman–Crippen LogP) is 3.09. The molecule has 0 bridgehead atoms. The Labute approximate surface area is 86.5 Å². The van der Waals surface area contributed by atoms with Crippen LogP contribution in [-0.4, -0.2) is 18.0 Å². The van der Waals surface area contributed by atoms with Crippen LogP contribution < -0.4 is 0 Å². The van der Waals surface area contributed by atoms with Crippen LogP contribution >= 0.6 is 0 Å². The zero-order valence-electron chi connectivity index (χ0n) is 9.00. The Morgan fingerprint density at radius 2 is 1.93 bits per heavy atom. The van der Waals surface area contributed by atoms with Crippen molar-refractivity contribution in [3.63, 3.8) is 0 Å². The van der Waals surface area contributed by atoms with Gasteiger partial charge in [0, 0.05) is 24.7 Å². The molecule has 1 heteroatoms. The van der Waals surface area contributed by atoms with E-state index < -0.39 is 0 Å². The number of fused-ring (bicyclic) bond motifs is 2. The summed E-state index contributed by atoms with van der Waals surface area (Å²) in [5, 5.41) is 0. The Bertz CT molecular complexity index is 300. The predicted molar refractivity (Wildman–Crippen MR) is 58.9 cm³/mol. The molecule has 0 saturated carbocycles. The van der Waals surface area contributed by atoms with E-state index in [-0.39, 0.29) is 0 Å². The summed E-state index contributed by atoms with van der Waals surface area (Å²) in [7, 11) is 2.31. The van der Waals surface area contributed by atoms with Gasteiger partial charge in [-0.1, -0.05) is 12.2 Å². The highest BCUT2D eigenvalue weighted by Gasteiger charge is 2.38. The molecule has 3 aliphatic rings. The smallest absolute Gasteiger partial charge is 0.0387 e. The first-order valence-electron chi connectivity index (χ1n) is 5.97. The van der Waals surface area contributed by atoms with Crippen molar-refractivity contribution >= 4 is 0 Å². The lowest BCUT2D eigenvalue weighted by Gasteiger charge is -2.29. The molecule has 14 heavy (non-hydrogen) atoms. The second kappa shape index (κ2) is 3.15. The van der Waals surface area contributed by atoms with Gasteiger partial charge >= 0.3 is 0 Å². The van der Waals surface area contributed by atoms with Gasteiger partial charge in [-0.05, 0) is 44.1 Å². The van der Waals surface area contributed by atoms with E-state index in [1.807, 2.05) is 5.57 Å². The molecule has 76 valence electrons. The first-order valence-corrected chi connectivity index (χ1v) is 5.97. The second-order valence-corrected chi connectivity index (χ2v) is 4.91. The summed E-state index contributed by atoms with van der Waals surface area (Å²) in [6, 6.07) is 0.808. The average Bonchev–Trinajstić information content (AvgIpc) is 2.55. The maximum Gasteiger partial charge on any atom is 0.0387 e. The van der Waals surface area contributed by atoms with Crippen LogP contribution in [-0.2, 0) is 0 Å².